The molecule has 1 aliphatic rings. The van der Waals surface area contributed by atoms with Crippen molar-refractivity contribution < 1.29 is 85.4 Å². The van der Waals surface area contributed by atoms with Crippen molar-refractivity contribution in [2.24, 2.45) is 11.5 Å². The van der Waals surface area contributed by atoms with Gasteiger partial charge in [0.2, 0.25) is 0 Å². The van der Waals surface area contributed by atoms with Gasteiger partial charge in [0, 0.05) is 146 Å². The molecule has 0 radical (unpaired) electrons. The Morgan fingerprint density at radius 2 is 0.800 bits per heavy atom. The van der Waals surface area contributed by atoms with E-state index in [2.05, 4.69) is 19.2 Å². The summed E-state index contributed by atoms with van der Waals surface area (Å²) in [5.74, 6) is 0.474. The van der Waals surface area contributed by atoms with Crippen molar-refractivity contribution >= 4 is 62.6 Å². The van der Waals surface area contributed by atoms with Crippen molar-refractivity contribution in [3.8, 4) is 0 Å². The summed E-state index contributed by atoms with van der Waals surface area (Å²) in [6, 6.07) is 3.86. The second-order valence-corrected chi connectivity index (χ2v) is 29.8. The molecule has 1 atom stereocenters. The molecule has 21 nitrogen and oxygen atoms in total. The topological polar surface area (TPSA) is 239 Å². The van der Waals surface area contributed by atoms with E-state index >= 15 is 0 Å². The first-order chi connectivity index (χ1) is 33.5. The number of rotatable bonds is 41. The molecule has 1 rings (SSSR count). The van der Waals surface area contributed by atoms with Crippen LogP contribution < -0.4 is 11.5 Å². The number of ether oxygens (including phenoxy) is 3. The lowest BCUT2D eigenvalue weighted by atomic mass is 10.4. The zero-order valence-electron chi connectivity index (χ0n) is 46.4. The van der Waals surface area contributed by atoms with Crippen molar-refractivity contribution in [3.05, 3.63) is 12.2 Å². The Bertz CT molecular complexity index is 1080. The molecule has 0 amide bonds. The molecule has 0 aromatic carbocycles. The first kappa shape index (κ1) is 76.4. The van der Waals surface area contributed by atoms with E-state index in [-0.39, 0.29) is 5.97 Å². The first-order valence-corrected chi connectivity index (χ1v) is 34.6. The van der Waals surface area contributed by atoms with Crippen molar-refractivity contribution in [2.45, 2.75) is 117 Å². The van der Waals surface area contributed by atoms with Gasteiger partial charge in [-0.25, -0.2) is 4.79 Å². The molecule has 27 heteroatoms. The first-order valence-electron chi connectivity index (χ1n) is 24.3. The third-order valence-corrected chi connectivity index (χ3v) is 24.8. The maximum absolute atomic E-state index is 11.1. The highest BCUT2D eigenvalue weighted by atomic mass is 32.1. The van der Waals surface area contributed by atoms with E-state index in [0.717, 1.165) is 62.2 Å². The highest BCUT2D eigenvalue weighted by molar-refractivity contribution is 7.80. The van der Waals surface area contributed by atoms with Crippen LogP contribution in [0.2, 0.25) is 30.2 Å². The largest absolute Gasteiger partial charge is 0.500 e. The van der Waals surface area contributed by atoms with Crippen LogP contribution >= 0.6 is 12.6 Å². The van der Waals surface area contributed by atoms with Crippen LogP contribution in [-0.2, 0) is 85.4 Å². The van der Waals surface area contributed by atoms with Gasteiger partial charge in [0.1, 0.15) is 6.10 Å². The lowest BCUT2D eigenvalue weighted by Gasteiger charge is -2.28. The monoisotopic (exact) mass is 1120 g/mol. The molecule has 424 valence electrons. The van der Waals surface area contributed by atoms with Crippen LogP contribution in [0.15, 0.2) is 12.2 Å². The predicted octanol–water partition coefficient (Wildman–Crippen LogP) is 6.00. The lowest BCUT2D eigenvalue weighted by molar-refractivity contribution is -0.139. The smallest absolute Gasteiger partial charge is 0.462 e. The fraction of sp³-hybridized carbons (Fsp3) is 0.930. The van der Waals surface area contributed by atoms with Crippen LogP contribution in [0.1, 0.15) is 80.6 Å². The Hall–Kier alpha value is -0.116. The minimum Gasteiger partial charge on any atom is -0.462 e. The number of carbonyl (C=O) groups excluding carboxylic acids is 1. The normalized spacial score (nSPS) is 13.7. The average molecular weight is 1120 g/mol. The molecule has 1 aliphatic heterocycles. The van der Waals surface area contributed by atoms with Crippen molar-refractivity contribution in [1.82, 2.24) is 0 Å². The SMILES string of the molecule is C=C(C)C(=O)OCCC[Si](OC)(OC)OC.CCO[Si](CCCN)(OCC)OCC.CCO[Si](CCCS)(OCC)OCC.CO[Si](CCCN)(OC)OC.CO[Si](CCCOCC1CO1)(OC)OC. The molecule has 4 N–H and O–H groups in total. The van der Waals surface area contributed by atoms with Crippen molar-refractivity contribution in [3.63, 3.8) is 0 Å². The average Bonchev–Trinajstić information content (AvgIpc) is 4.21. The molecule has 1 saturated heterocycles. The summed E-state index contributed by atoms with van der Waals surface area (Å²) in [7, 11) is 2.35. The lowest BCUT2D eigenvalue weighted by Crippen LogP contribution is -2.46. The molecular weight excluding hydrogens is 1020 g/mol. The standard InChI is InChI=1S/C10H20O5Si.C9H23NO3Si.C9H20O5Si.C9H22O3SSi.C6H17NO3Si/c1-9(2)10(11)15-7-6-8-16(12-3,13-4)14-5;1-4-11-14(12-5-2,13-6-3)9-7-8-10;1-10-15(11-2,12-3)6-4-5-13-7-9-8-14-9;1-4-10-14(11-5-2,12-6-3)9-7-8-13;1-8-11(9-2,10-3)6-4-5-7/h1,6-8H2,2-5H3;4-10H2,1-3H3;9H,4-8H2,1-3H3;13H,4-9H2,1-3H3;4-7H2,1-3H3. The maximum Gasteiger partial charge on any atom is 0.500 e. The molecule has 1 unspecified atom stereocenters. The van der Waals surface area contributed by atoms with Gasteiger partial charge >= 0.3 is 50.0 Å². The van der Waals surface area contributed by atoms with Gasteiger partial charge in [-0.3, -0.25) is 0 Å². The Morgan fingerprint density at radius 1 is 0.514 bits per heavy atom. The van der Waals surface area contributed by atoms with E-state index in [4.69, 9.17) is 92.1 Å². The highest BCUT2D eigenvalue weighted by Gasteiger charge is 2.41. The van der Waals surface area contributed by atoms with Gasteiger partial charge in [0.25, 0.3) is 0 Å². The van der Waals surface area contributed by atoms with Gasteiger partial charge in [-0.1, -0.05) is 6.58 Å². The second-order valence-electron chi connectivity index (χ2n) is 14.6. The van der Waals surface area contributed by atoms with Gasteiger partial charge < -0.3 is 92.1 Å². The van der Waals surface area contributed by atoms with Crippen LogP contribution in [0.25, 0.3) is 0 Å². The number of hydrogen-bond donors (Lipinski definition) is 3. The third kappa shape index (κ3) is 37.6. The van der Waals surface area contributed by atoms with E-state index in [9.17, 15) is 4.79 Å². The summed E-state index contributed by atoms with van der Waals surface area (Å²) in [4.78, 5) is 11.1. The molecule has 0 saturated carbocycles. The van der Waals surface area contributed by atoms with Crippen molar-refractivity contribution in [2.75, 3.05) is 149 Å². The van der Waals surface area contributed by atoms with Crippen LogP contribution in [-0.4, -0.2) is 205 Å². The predicted molar refractivity (Wildman–Crippen MR) is 287 cm³/mol. The molecule has 0 aromatic heterocycles. The molecule has 0 spiro atoms. The van der Waals surface area contributed by atoms with Gasteiger partial charge in [-0.05, 0) is 99.4 Å². The van der Waals surface area contributed by atoms with E-state index < -0.39 is 44.0 Å². The van der Waals surface area contributed by atoms with Crippen LogP contribution in [0.3, 0.4) is 0 Å². The molecule has 0 aromatic rings. The highest BCUT2D eigenvalue weighted by Crippen LogP contribution is 2.20. The fourth-order valence-electron chi connectivity index (χ4n) is 5.95. The maximum atomic E-state index is 11.1. The number of carbonyl (C=O) groups is 1. The molecule has 70 heavy (non-hydrogen) atoms. The number of thiol groups is 1. The Labute approximate surface area is 435 Å². The summed E-state index contributed by atoms with van der Waals surface area (Å²) >= 11 is 4.19. The molecule has 0 aliphatic carbocycles. The van der Waals surface area contributed by atoms with E-state index in [1.54, 1.807) is 70.9 Å². The summed E-state index contributed by atoms with van der Waals surface area (Å²) in [5.41, 5.74) is 11.2. The quantitative estimate of drug-likeness (QED) is 0.0159. The minimum absolute atomic E-state index is 0.316. The van der Waals surface area contributed by atoms with Crippen LogP contribution in [0.5, 0.6) is 0 Å². The fourth-order valence-corrected chi connectivity index (χ4v) is 16.8. The van der Waals surface area contributed by atoms with Crippen molar-refractivity contribution in [1.29, 1.82) is 0 Å². The van der Waals surface area contributed by atoms with Crippen LogP contribution in [0, 0.1) is 0 Å². The van der Waals surface area contributed by atoms with Gasteiger partial charge in [-0.2, -0.15) is 12.6 Å². The number of hydrogen-bond acceptors (Lipinski definition) is 22. The van der Waals surface area contributed by atoms with Crippen LogP contribution in [0.4, 0.5) is 0 Å². The zero-order chi connectivity index (χ0) is 54.2. The number of esters is 1. The molecule has 1 fully saturated rings. The van der Waals surface area contributed by atoms with E-state index in [0.29, 0.717) is 96.7 Å². The van der Waals surface area contributed by atoms with Gasteiger partial charge in [0.05, 0.1) is 19.8 Å². The number of epoxide rings is 1. The Balaban J connectivity index is -0.000000391. The minimum atomic E-state index is -2.53. The Kier molecular flexibility index (Phi) is 54.3. The summed E-state index contributed by atoms with van der Waals surface area (Å²) < 4.78 is 96.5. The van der Waals surface area contributed by atoms with E-state index in [1.807, 2.05) is 41.5 Å². The Morgan fingerprint density at radius 3 is 1.06 bits per heavy atom. The van der Waals surface area contributed by atoms with E-state index in [1.165, 1.54) is 0 Å². The number of nitrogens with two attached hydrogens (primary N) is 2. The summed E-state index contributed by atoms with van der Waals surface area (Å²) in [6.07, 6.45) is 4.61. The molecular formula is C43H102N2O19SSi5. The molecule has 0 bridgehead atoms. The summed E-state index contributed by atoms with van der Waals surface area (Å²) in [5, 5.41) is 0. The summed E-state index contributed by atoms with van der Waals surface area (Å²) in [6.45, 7) is 24.6. The zero-order valence-corrected chi connectivity index (χ0v) is 52.3. The molecule has 1 heterocycles. The van der Waals surface area contributed by atoms with Gasteiger partial charge in [0.15, 0.2) is 0 Å². The second kappa shape index (κ2) is 49.7. The van der Waals surface area contributed by atoms with Gasteiger partial charge in [-0.15, -0.1) is 0 Å². The third-order valence-electron chi connectivity index (χ3n) is 9.69.